The van der Waals surface area contributed by atoms with Crippen LogP contribution in [0.3, 0.4) is 0 Å². The predicted octanol–water partition coefficient (Wildman–Crippen LogP) is -0.0787. The summed E-state index contributed by atoms with van der Waals surface area (Å²) in [6, 6.07) is 0. The van der Waals surface area contributed by atoms with Crippen molar-refractivity contribution < 1.29 is 9.21 Å². The molecule has 0 bridgehead atoms. The van der Waals surface area contributed by atoms with E-state index in [0.717, 1.165) is 39.0 Å². The van der Waals surface area contributed by atoms with E-state index in [2.05, 4.69) is 15.5 Å². The topological polar surface area (TPSA) is 71.3 Å². The minimum atomic E-state index is 0.0810. The van der Waals surface area contributed by atoms with Crippen molar-refractivity contribution in [3.63, 3.8) is 0 Å². The van der Waals surface area contributed by atoms with Gasteiger partial charge in [0, 0.05) is 32.1 Å². The number of amides is 1. The Balaban J connectivity index is 1.58. The number of nitrogens with one attached hydrogen (secondary N) is 1. The number of rotatable bonds is 3. The van der Waals surface area contributed by atoms with Crippen molar-refractivity contribution in [3.8, 4) is 0 Å². The normalized spacial score (nSPS) is 20.6. The van der Waals surface area contributed by atoms with Gasteiger partial charge in [-0.3, -0.25) is 4.79 Å². The maximum absolute atomic E-state index is 11.9. The van der Waals surface area contributed by atoms with Crippen LogP contribution < -0.4 is 5.32 Å². The van der Waals surface area contributed by atoms with Crippen LogP contribution in [-0.4, -0.2) is 47.2 Å². The summed E-state index contributed by atoms with van der Waals surface area (Å²) in [4.78, 5) is 13.8. The van der Waals surface area contributed by atoms with Crippen molar-refractivity contribution in [1.29, 1.82) is 0 Å². The van der Waals surface area contributed by atoms with E-state index in [0.29, 0.717) is 17.7 Å². The summed E-state index contributed by atoms with van der Waals surface area (Å²) < 4.78 is 5.48. The quantitative estimate of drug-likeness (QED) is 0.795. The van der Waals surface area contributed by atoms with Crippen LogP contribution in [0.4, 0.5) is 0 Å². The van der Waals surface area contributed by atoms with E-state index in [9.17, 15) is 4.79 Å². The monoisotopic (exact) mass is 236 g/mol. The van der Waals surface area contributed by atoms with Crippen LogP contribution in [0.25, 0.3) is 0 Å². The van der Waals surface area contributed by atoms with E-state index < -0.39 is 0 Å². The van der Waals surface area contributed by atoms with Crippen molar-refractivity contribution in [1.82, 2.24) is 20.4 Å². The highest BCUT2D eigenvalue weighted by Gasteiger charge is 2.30. The zero-order chi connectivity index (χ0) is 11.7. The lowest BCUT2D eigenvalue weighted by atomic mass is 10.3. The highest BCUT2D eigenvalue weighted by atomic mass is 16.4. The molecule has 0 unspecified atom stereocenters. The standard InChI is InChI=1S/C11H16N4O2/c16-10(15-5-3-12-4-6-15)7-9-13-14-11(17-9)8-1-2-8/h8,12H,1-7H2. The van der Waals surface area contributed by atoms with Crippen LogP contribution in [0, 0.1) is 0 Å². The van der Waals surface area contributed by atoms with Gasteiger partial charge in [0.25, 0.3) is 0 Å². The first-order valence-electron chi connectivity index (χ1n) is 6.14. The molecule has 2 aliphatic rings. The second kappa shape index (κ2) is 4.44. The zero-order valence-electron chi connectivity index (χ0n) is 9.69. The maximum atomic E-state index is 11.9. The molecule has 1 aliphatic heterocycles. The molecule has 6 heteroatoms. The number of aromatic nitrogens is 2. The number of carbonyl (C=O) groups is 1. The Kier molecular flexibility index (Phi) is 2.80. The van der Waals surface area contributed by atoms with Gasteiger partial charge in [-0.05, 0) is 12.8 Å². The lowest BCUT2D eigenvalue weighted by Gasteiger charge is -2.26. The van der Waals surface area contributed by atoms with E-state index in [-0.39, 0.29) is 12.3 Å². The largest absolute Gasteiger partial charge is 0.424 e. The van der Waals surface area contributed by atoms with Gasteiger partial charge in [0.05, 0.1) is 0 Å². The van der Waals surface area contributed by atoms with Gasteiger partial charge in [0.15, 0.2) is 0 Å². The van der Waals surface area contributed by atoms with E-state index in [4.69, 9.17) is 4.42 Å². The maximum Gasteiger partial charge on any atom is 0.232 e. The summed E-state index contributed by atoms with van der Waals surface area (Å²) in [5.74, 6) is 1.69. The summed E-state index contributed by atoms with van der Waals surface area (Å²) in [5.41, 5.74) is 0. The molecule has 17 heavy (non-hydrogen) atoms. The van der Waals surface area contributed by atoms with Crippen LogP contribution in [0.1, 0.15) is 30.5 Å². The zero-order valence-corrected chi connectivity index (χ0v) is 9.69. The molecule has 0 radical (unpaired) electrons. The lowest BCUT2D eigenvalue weighted by Crippen LogP contribution is -2.46. The number of nitrogens with zero attached hydrogens (tertiary/aromatic N) is 3. The molecule has 3 rings (SSSR count). The van der Waals surface area contributed by atoms with Crippen molar-refractivity contribution in [2.24, 2.45) is 0 Å². The molecular formula is C11H16N4O2. The van der Waals surface area contributed by atoms with Crippen LogP contribution in [0.5, 0.6) is 0 Å². The second-order valence-corrected chi connectivity index (χ2v) is 4.62. The Bertz CT molecular complexity index is 407. The molecule has 2 fully saturated rings. The Morgan fingerprint density at radius 2 is 2.12 bits per heavy atom. The van der Waals surface area contributed by atoms with E-state index in [1.165, 1.54) is 0 Å². The van der Waals surface area contributed by atoms with Crippen LogP contribution in [0.15, 0.2) is 4.42 Å². The van der Waals surface area contributed by atoms with E-state index >= 15 is 0 Å². The average Bonchev–Trinajstić information content (AvgIpc) is 3.12. The van der Waals surface area contributed by atoms with Gasteiger partial charge < -0.3 is 14.6 Å². The third kappa shape index (κ3) is 2.46. The number of hydrogen-bond acceptors (Lipinski definition) is 5. The average molecular weight is 236 g/mol. The van der Waals surface area contributed by atoms with E-state index in [1.807, 2.05) is 4.90 Å². The molecule has 92 valence electrons. The van der Waals surface area contributed by atoms with Gasteiger partial charge in [-0.25, -0.2) is 0 Å². The molecule has 1 aromatic rings. The summed E-state index contributed by atoms with van der Waals surface area (Å²) in [5, 5.41) is 11.1. The van der Waals surface area contributed by atoms with Crippen molar-refractivity contribution >= 4 is 5.91 Å². The SMILES string of the molecule is O=C(Cc1nnc(C2CC2)o1)N1CCNCC1. The minimum Gasteiger partial charge on any atom is -0.424 e. The Labute approximate surface area is 99.4 Å². The highest BCUT2D eigenvalue weighted by Crippen LogP contribution is 2.38. The van der Waals surface area contributed by atoms with E-state index in [1.54, 1.807) is 0 Å². The van der Waals surface area contributed by atoms with Gasteiger partial charge in [0.1, 0.15) is 6.42 Å². The second-order valence-electron chi connectivity index (χ2n) is 4.62. The van der Waals surface area contributed by atoms with Crippen LogP contribution in [-0.2, 0) is 11.2 Å². The van der Waals surface area contributed by atoms with Crippen molar-refractivity contribution in [2.75, 3.05) is 26.2 Å². The Morgan fingerprint density at radius 1 is 1.35 bits per heavy atom. The molecule has 1 N–H and O–H groups in total. The molecule has 2 heterocycles. The van der Waals surface area contributed by atoms with Gasteiger partial charge in [-0.2, -0.15) is 0 Å². The van der Waals surface area contributed by atoms with Gasteiger partial charge >= 0.3 is 0 Å². The fourth-order valence-corrected chi connectivity index (χ4v) is 1.99. The van der Waals surface area contributed by atoms with Crippen LogP contribution >= 0.6 is 0 Å². The first-order valence-corrected chi connectivity index (χ1v) is 6.14. The highest BCUT2D eigenvalue weighted by molar-refractivity contribution is 5.77. The summed E-state index contributed by atoms with van der Waals surface area (Å²) >= 11 is 0. The van der Waals surface area contributed by atoms with Gasteiger partial charge in [-0.1, -0.05) is 0 Å². The molecule has 0 atom stereocenters. The first-order chi connectivity index (χ1) is 8.33. The molecule has 1 saturated carbocycles. The minimum absolute atomic E-state index is 0.0810. The molecule has 1 amide bonds. The van der Waals surface area contributed by atoms with Crippen molar-refractivity contribution in [3.05, 3.63) is 11.8 Å². The smallest absolute Gasteiger partial charge is 0.232 e. The summed E-state index contributed by atoms with van der Waals surface area (Å²) in [6.07, 6.45) is 2.50. The van der Waals surface area contributed by atoms with Gasteiger partial charge in [0.2, 0.25) is 17.7 Å². The van der Waals surface area contributed by atoms with Crippen LogP contribution in [0.2, 0.25) is 0 Å². The molecule has 1 aromatic heterocycles. The Hall–Kier alpha value is -1.43. The molecule has 1 saturated heterocycles. The van der Waals surface area contributed by atoms with Crippen molar-refractivity contribution in [2.45, 2.75) is 25.2 Å². The lowest BCUT2D eigenvalue weighted by molar-refractivity contribution is -0.131. The summed E-state index contributed by atoms with van der Waals surface area (Å²) in [7, 11) is 0. The Morgan fingerprint density at radius 3 is 2.82 bits per heavy atom. The summed E-state index contributed by atoms with van der Waals surface area (Å²) in [6.45, 7) is 3.26. The number of hydrogen-bond donors (Lipinski definition) is 1. The molecular weight excluding hydrogens is 220 g/mol. The molecule has 1 aliphatic carbocycles. The fourth-order valence-electron chi connectivity index (χ4n) is 1.99. The molecule has 0 spiro atoms. The third-order valence-corrected chi connectivity index (χ3v) is 3.18. The molecule has 6 nitrogen and oxygen atoms in total. The van der Waals surface area contributed by atoms with Gasteiger partial charge in [-0.15, -0.1) is 10.2 Å². The predicted molar refractivity (Wildman–Crippen MR) is 59.4 cm³/mol. The number of carbonyl (C=O) groups excluding carboxylic acids is 1. The number of piperazine rings is 1. The third-order valence-electron chi connectivity index (χ3n) is 3.18. The molecule has 0 aromatic carbocycles. The fraction of sp³-hybridized carbons (Fsp3) is 0.727. The first kappa shape index (κ1) is 10.7.